The Morgan fingerprint density at radius 1 is 0.737 bits per heavy atom. The monoisotopic (exact) mass is 523 g/mol. The third-order valence-electron chi connectivity index (χ3n) is 6.26. The summed E-state index contributed by atoms with van der Waals surface area (Å²) in [6.45, 7) is 3.78. The predicted octanol–water partition coefficient (Wildman–Crippen LogP) is 7.50. The number of nitrogen functional groups attached to an aromatic ring is 1. The third-order valence-corrected chi connectivity index (χ3v) is 6.26. The number of halogens is 3. The number of rotatable bonds is 7. The molecule has 5 N–H and O–H groups in total. The number of aromatic hydroxyl groups is 3. The molecule has 0 unspecified atom stereocenters. The van der Waals surface area contributed by atoms with Gasteiger partial charge in [0.05, 0.1) is 0 Å². The molecular weight excluding hydrogens is 495 g/mol. The number of anilines is 1. The van der Waals surface area contributed by atoms with Crippen LogP contribution in [0.4, 0.5) is 18.9 Å². The van der Waals surface area contributed by atoms with Gasteiger partial charge in [0.1, 0.15) is 17.1 Å². The molecule has 38 heavy (non-hydrogen) atoms. The maximum Gasteiger partial charge on any atom is 0.420 e. The van der Waals surface area contributed by atoms with Crippen LogP contribution in [0, 0.1) is 0 Å². The van der Waals surface area contributed by atoms with Gasteiger partial charge in [-0.3, -0.25) is 0 Å². The van der Waals surface area contributed by atoms with E-state index in [0.29, 0.717) is 23.1 Å². The van der Waals surface area contributed by atoms with Crippen molar-refractivity contribution >= 4 is 5.69 Å². The zero-order valence-electron chi connectivity index (χ0n) is 20.9. The maximum absolute atomic E-state index is 13.6. The highest BCUT2D eigenvalue weighted by Crippen LogP contribution is 2.43. The summed E-state index contributed by atoms with van der Waals surface area (Å²) in [4.78, 5) is 0. The molecule has 0 spiro atoms. The van der Waals surface area contributed by atoms with E-state index in [2.05, 4.69) is 0 Å². The summed E-state index contributed by atoms with van der Waals surface area (Å²) < 4.78 is 46.4. The maximum atomic E-state index is 13.6. The van der Waals surface area contributed by atoms with Gasteiger partial charge in [-0.1, -0.05) is 56.3 Å². The smallest absolute Gasteiger partial charge is 0.420 e. The van der Waals surface area contributed by atoms with Crippen molar-refractivity contribution in [2.75, 3.05) is 5.73 Å². The molecule has 0 aliphatic carbocycles. The molecule has 0 aliphatic rings. The van der Waals surface area contributed by atoms with Crippen molar-refractivity contribution in [1.82, 2.24) is 0 Å². The van der Waals surface area contributed by atoms with E-state index < -0.39 is 23.2 Å². The molecular formula is C30H28F3NO4. The van der Waals surface area contributed by atoms with Crippen molar-refractivity contribution in [2.24, 2.45) is 0 Å². The number of phenolic OH excluding ortho intramolecular Hbond substituents is 3. The van der Waals surface area contributed by atoms with Gasteiger partial charge < -0.3 is 25.8 Å². The Labute approximate surface area is 218 Å². The van der Waals surface area contributed by atoms with Gasteiger partial charge in [-0.15, -0.1) is 0 Å². The normalized spacial score (nSPS) is 11.6. The predicted molar refractivity (Wildman–Crippen MR) is 140 cm³/mol. The molecule has 8 heteroatoms. The fourth-order valence-electron chi connectivity index (χ4n) is 4.30. The van der Waals surface area contributed by atoms with Gasteiger partial charge in [0.15, 0.2) is 11.5 Å². The number of alkyl halides is 3. The van der Waals surface area contributed by atoms with Crippen LogP contribution in [0.5, 0.6) is 28.7 Å². The molecule has 0 radical (unpaired) electrons. The van der Waals surface area contributed by atoms with Gasteiger partial charge in [0.25, 0.3) is 0 Å². The molecule has 0 aromatic heterocycles. The zero-order chi connectivity index (χ0) is 27.6. The first-order chi connectivity index (χ1) is 17.9. The van der Waals surface area contributed by atoms with Crippen molar-refractivity contribution in [3.05, 3.63) is 106 Å². The standard InChI is InChI=1S/C30H28F3NO4/c1-17(2)23-14-19(8-10-25(23)38-26-11-9-22(34)16-24(26)30(31,32)33)13-21-15-20(27(35)29(37)28(21)36)12-18-6-4-3-5-7-18/h3-11,14-17,35-37H,12-13,34H2,1-2H3. The van der Waals surface area contributed by atoms with Crippen molar-refractivity contribution in [1.29, 1.82) is 0 Å². The summed E-state index contributed by atoms with van der Waals surface area (Å²) in [5.41, 5.74) is 7.75. The number of hydrogen-bond acceptors (Lipinski definition) is 5. The Morgan fingerprint density at radius 3 is 1.95 bits per heavy atom. The second-order valence-electron chi connectivity index (χ2n) is 9.46. The second kappa shape index (κ2) is 10.6. The van der Waals surface area contributed by atoms with Gasteiger partial charge in [0, 0.05) is 29.7 Å². The lowest BCUT2D eigenvalue weighted by Gasteiger charge is -2.19. The van der Waals surface area contributed by atoms with E-state index in [1.807, 2.05) is 44.2 Å². The summed E-state index contributed by atoms with van der Waals surface area (Å²) in [6.07, 6.45) is -4.09. The minimum atomic E-state index is -4.64. The van der Waals surface area contributed by atoms with Crippen molar-refractivity contribution in [2.45, 2.75) is 38.8 Å². The van der Waals surface area contributed by atoms with Crippen LogP contribution in [0.3, 0.4) is 0 Å². The van der Waals surface area contributed by atoms with Crippen LogP contribution in [0.25, 0.3) is 0 Å². The van der Waals surface area contributed by atoms with Crippen LogP contribution in [0.15, 0.2) is 72.8 Å². The van der Waals surface area contributed by atoms with E-state index >= 15 is 0 Å². The lowest BCUT2D eigenvalue weighted by atomic mass is 9.94. The number of hydrogen-bond donors (Lipinski definition) is 4. The molecule has 5 nitrogen and oxygen atoms in total. The van der Waals surface area contributed by atoms with Crippen LogP contribution in [-0.4, -0.2) is 15.3 Å². The van der Waals surface area contributed by atoms with Crippen LogP contribution >= 0.6 is 0 Å². The van der Waals surface area contributed by atoms with Gasteiger partial charge in [-0.2, -0.15) is 13.2 Å². The molecule has 0 heterocycles. The van der Waals surface area contributed by atoms with Crippen molar-refractivity contribution < 1.29 is 33.2 Å². The molecule has 0 saturated carbocycles. The average molecular weight is 524 g/mol. The summed E-state index contributed by atoms with van der Waals surface area (Å²) in [5, 5.41) is 31.3. The Kier molecular flexibility index (Phi) is 7.44. The first-order valence-corrected chi connectivity index (χ1v) is 12.0. The Morgan fingerprint density at radius 2 is 1.34 bits per heavy atom. The molecule has 198 valence electrons. The highest BCUT2D eigenvalue weighted by atomic mass is 19.4. The van der Waals surface area contributed by atoms with E-state index in [0.717, 1.165) is 17.2 Å². The molecule has 0 saturated heterocycles. The number of phenols is 3. The van der Waals surface area contributed by atoms with E-state index in [-0.39, 0.29) is 35.3 Å². The molecule has 4 aromatic rings. The first-order valence-electron chi connectivity index (χ1n) is 12.0. The topological polar surface area (TPSA) is 95.9 Å². The molecule has 0 amide bonds. The lowest BCUT2D eigenvalue weighted by Crippen LogP contribution is -2.08. The van der Waals surface area contributed by atoms with E-state index in [1.165, 1.54) is 12.1 Å². The Hall–Kier alpha value is -4.33. The van der Waals surface area contributed by atoms with Crippen LogP contribution in [0.2, 0.25) is 0 Å². The third kappa shape index (κ3) is 5.80. The van der Waals surface area contributed by atoms with Crippen molar-refractivity contribution in [3.8, 4) is 28.7 Å². The van der Waals surface area contributed by atoms with E-state index in [1.54, 1.807) is 24.3 Å². The van der Waals surface area contributed by atoms with Crippen LogP contribution < -0.4 is 10.5 Å². The zero-order valence-corrected chi connectivity index (χ0v) is 20.9. The largest absolute Gasteiger partial charge is 0.504 e. The lowest BCUT2D eigenvalue weighted by molar-refractivity contribution is -0.138. The first kappa shape index (κ1) is 26.7. The van der Waals surface area contributed by atoms with Crippen molar-refractivity contribution in [3.63, 3.8) is 0 Å². The van der Waals surface area contributed by atoms with Gasteiger partial charge in [-0.05, 0) is 52.9 Å². The van der Waals surface area contributed by atoms with Gasteiger partial charge >= 0.3 is 6.18 Å². The fraction of sp³-hybridized carbons (Fsp3) is 0.200. The molecule has 0 atom stereocenters. The average Bonchev–Trinajstić information content (AvgIpc) is 2.87. The van der Waals surface area contributed by atoms with E-state index in [9.17, 15) is 28.5 Å². The summed E-state index contributed by atoms with van der Waals surface area (Å²) >= 11 is 0. The minimum absolute atomic E-state index is 0.0207. The highest BCUT2D eigenvalue weighted by molar-refractivity contribution is 5.59. The summed E-state index contributed by atoms with van der Waals surface area (Å²) in [7, 11) is 0. The quantitative estimate of drug-likeness (QED) is 0.149. The SMILES string of the molecule is CC(C)c1cc(Cc2cc(Cc3ccccc3)c(O)c(O)c2O)ccc1Oc1ccc(N)cc1C(F)(F)F. The molecule has 4 aromatic carbocycles. The van der Waals surface area contributed by atoms with Gasteiger partial charge in [-0.25, -0.2) is 0 Å². The number of benzene rings is 4. The van der Waals surface area contributed by atoms with Crippen LogP contribution in [0.1, 0.15) is 53.1 Å². The molecule has 0 aliphatic heterocycles. The Bertz CT molecular complexity index is 1450. The minimum Gasteiger partial charge on any atom is -0.504 e. The number of nitrogens with two attached hydrogens (primary N) is 1. The summed E-state index contributed by atoms with van der Waals surface area (Å²) in [5.74, 6) is -1.59. The summed E-state index contributed by atoms with van der Waals surface area (Å²) in [6, 6.07) is 19.5. The number of ether oxygens (including phenoxy) is 1. The van der Waals surface area contributed by atoms with Gasteiger partial charge in [0.2, 0.25) is 5.75 Å². The molecule has 4 rings (SSSR count). The van der Waals surface area contributed by atoms with Crippen LogP contribution in [-0.2, 0) is 19.0 Å². The molecule has 0 bridgehead atoms. The fourth-order valence-corrected chi connectivity index (χ4v) is 4.30. The second-order valence-corrected chi connectivity index (χ2v) is 9.46. The highest BCUT2D eigenvalue weighted by Gasteiger charge is 2.35. The van der Waals surface area contributed by atoms with E-state index in [4.69, 9.17) is 10.5 Å². The Balaban J connectivity index is 1.67. The molecule has 0 fully saturated rings.